The maximum atomic E-state index is 12.0. The number of anilines is 1. The Morgan fingerprint density at radius 3 is 2.46 bits per heavy atom. The van der Waals surface area contributed by atoms with Gasteiger partial charge in [-0.25, -0.2) is 0 Å². The third-order valence-corrected chi connectivity index (χ3v) is 4.30. The van der Waals surface area contributed by atoms with Crippen LogP contribution >= 0.6 is 0 Å². The quantitative estimate of drug-likeness (QED) is 0.550. The van der Waals surface area contributed by atoms with Gasteiger partial charge in [0.25, 0.3) is 0 Å². The Morgan fingerprint density at radius 2 is 1.75 bits per heavy atom. The lowest BCUT2D eigenvalue weighted by Gasteiger charge is -2.15. The van der Waals surface area contributed by atoms with Gasteiger partial charge in [-0.2, -0.15) is 0 Å². The maximum Gasteiger partial charge on any atom is 0.243 e. The van der Waals surface area contributed by atoms with Crippen molar-refractivity contribution in [2.45, 2.75) is 32.9 Å². The first-order valence-corrected chi connectivity index (χ1v) is 9.49. The molecule has 2 aromatic rings. The van der Waals surface area contributed by atoms with Gasteiger partial charge in [-0.15, -0.1) is 0 Å². The highest BCUT2D eigenvalue weighted by Gasteiger charge is 2.17. The molecule has 28 heavy (non-hydrogen) atoms. The molecule has 6 heteroatoms. The second kappa shape index (κ2) is 11.2. The van der Waals surface area contributed by atoms with Crippen LogP contribution in [0.25, 0.3) is 0 Å². The van der Waals surface area contributed by atoms with Crippen molar-refractivity contribution >= 4 is 17.5 Å². The van der Waals surface area contributed by atoms with Crippen molar-refractivity contribution in [1.82, 2.24) is 5.32 Å². The summed E-state index contributed by atoms with van der Waals surface area (Å²) in [5, 5.41) is 5.33. The lowest BCUT2D eigenvalue weighted by atomic mass is 10.1. The number of rotatable bonds is 10. The highest BCUT2D eigenvalue weighted by molar-refractivity contribution is 5.95. The van der Waals surface area contributed by atoms with E-state index in [-0.39, 0.29) is 24.3 Å². The smallest absolute Gasteiger partial charge is 0.243 e. The van der Waals surface area contributed by atoms with Crippen LogP contribution in [0.15, 0.2) is 54.6 Å². The Bertz CT molecular complexity index is 763. The fourth-order valence-corrected chi connectivity index (χ4v) is 2.56. The van der Waals surface area contributed by atoms with Gasteiger partial charge in [0, 0.05) is 5.69 Å². The van der Waals surface area contributed by atoms with Gasteiger partial charge in [0.1, 0.15) is 0 Å². The molecule has 4 N–H and O–H groups in total. The van der Waals surface area contributed by atoms with E-state index in [2.05, 4.69) is 22.8 Å². The first-order chi connectivity index (χ1) is 13.5. The summed E-state index contributed by atoms with van der Waals surface area (Å²) in [4.78, 5) is 23.9. The number of benzene rings is 2. The summed E-state index contributed by atoms with van der Waals surface area (Å²) in [5.74, 6) is -0.612. The number of ether oxygens (including phenoxy) is 1. The second-order valence-corrected chi connectivity index (χ2v) is 7.02. The molecule has 0 saturated heterocycles. The summed E-state index contributed by atoms with van der Waals surface area (Å²) in [5.41, 5.74) is 8.63. The number of hydrogen-bond acceptors (Lipinski definition) is 4. The Morgan fingerprint density at radius 1 is 1.04 bits per heavy atom. The summed E-state index contributed by atoms with van der Waals surface area (Å²) in [6, 6.07) is 17.0. The molecule has 0 spiro atoms. The molecule has 0 radical (unpaired) electrons. The van der Waals surface area contributed by atoms with Gasteiger partial charge in [-0.3, -0.25) is 9.59 Å². The normalized spacial score (nSPS) is 11.9. The lowest BCUT2D eigenvalue weighted by molar-refractivity contribution is -0.125. The van der Waals surface area contributed by atoms with Crippen molar-refractivity contribution < 1.29 is 14.3 Å². The van der Waals surface area contributed by atoms with E-state index in [1.807, 2.05) is 50.2 Å². The third kappa shape index (κ3) is 7.50. The molecule has 2 aromatic carbocycles. The van der Waals surface area contributed by atoms with Crippen LogP contribution in [-0.4, -0.2) is 31.0 Å². The first-order valence-electron chi connectivity index (χ1n) is 9.49. The molecule has 0 bridgehead atoms. The largest absolute Gasteiger partial charge is 0.376 e. The third-order valence-electron chi connectivity index (χ3n) is 4.30. The predicted octanol–water partition coefficient (Wildman–Crippen LogP) is 2.48. The average molecular weight is 383 g/mol. The molecule has 6 nitrogen and oxygen atoms in total. The van der Waals surface area contributed by atoms with Crippen LogP contribution in [0, 0.1) is 5.92 Å². The van der Waals surface area contributed by atoms with Crippen LogP contribution in [0.4, 0.5) is 5.69 Å². The van der Waals surface area contributed by atoms with Gasteiger partial charge >= 0.3 is 0 Å². The highest BCUT2D eigenvalue weighted by atomic mass is 16.5. The van der Waals surface area contributed by atoms with Crippen LogP contribution < -0.4 is 16.4 Å². The monoisotopic (exact) mass is 383 g/mol. The number of amides is 2. The van der Waals surface area contributed by atoms with Crippen LogP contribution in [0.3, 0.4) is 0 Å². The fraction of sp³-hybridized carbons (Fsp3) is 0.364. The number of hydrogen-bond donors (Lipinski definition) is 3. The van der Waals surface area contributed by atoms with Gasteiger partial charge < -0.3 is 21.1 Å². The van der Waals surface area contributed by atoms with Crippen molar-refractivity contribution in [2.75, 3.05) is 18.5 Å². The van der Waals surface area contributed by atoms with E-state index in [0.717, 1.165) is 12.0 Å². The van der Waals surface area contributed by atoms with Gasteiger partial charge in [-0.05, 0) is 35.6 Å². The highest BCUT2D eigenvalue weighted by Crippen LogP contribution is 2.12. The zero-order valence-electron chi connectivity index (χ0n) is 16.5. The summed E-state index contributed by atoms with van der Waals surface area (Å²) < 4.78 is 5.73. The van der Waals surface area contributed by atoms with Crippen LogP contribution in [-0.2, 0) is 27.4 Å². The molecule has 0 aliphatic rings. The summed E-state index contributed by atoms with van der Waals surface area (Å²) >= 11 is 0. The minimum absolute atomic E-state index is 0.0154. The fourth-order valence-electron chi connectivity index (χ4n) is 2.56. The van der Waals surface area contributed by atoms with E-state index in [4.69, 9.17) is 10.5 Å². The second-order valence-electron chi connectivity index (χ2n) is 7.02. The molecule has 0 fully saturated rings. The van der Waals surface area contributed by atoms with Crippen molar-refractivity contribution in [1.29, 1.82) is 0 Å². The average Bonchev–Trinajstić information content (AvgIpc) is 2.70. The van der Waals surface area contributed by atoms with Crippen molar-refractivity contribution in [3.8, 4) is 0 Å². The zero-order chi connectivity index (χ0) is 20.4. The van der Waals surface area contributed by atoms with E-state index in [1.54, 1.807) is 6.07 Å². The van der Waals surface area contributed by atoms with Gasteiger partial charge in [0.05, 0.1) is 25.8 Å². The van der Waals surface area contributed by atoms with Crippen LogP contribution in [0.2, 0.25) is 0 Å². The van der Waals surface area contributed by atoms with Gasteiger partial charge in [0.15, 0.2) is 0 Å². The molecule has 0 saturated carbocycles. The topological polar surface area (TPSA) is 93.5 Å². The van der Waals surface area contributed by atoms with E-state index in [9.17, 15) is 9.59 Å². The van der Waals surface area contributed by atoms with Crippen molar-refractivity contribution in [2.24, 2.45) is 11.7 Å². The van der Waals surface area contributed by atoms with Gasteiger partial charge in [-0.1, -0.05) is 56.3 Å². The molecule has 1 atom stereocenters. The molecular weight excluding hydrogens is 354 g/mol. The van der Waals surface area contributed by atoms with Gasteiger partial charge in [0.2, 0.25) is 11.8 Å². The van der Waals surface area contributed by atoms with E-state index < -0.39 is 6.04 Å². The van der Waals surface area contributed by atoms with E-state index in [1.165, 1.54) is 5.56 Å². The van der Waals surface area contributed by atoms with Crippen LogP contribution in [0.1, 0.15) is 25.0 Å². The predicted molar refractivity (Wildman–Crippen MR) is 111 cm³/mol. The molecule has 2 amide bonds. The Kier molecular flexibility index (Phi) is 8.65. The first kappa shape index (κ1) is 21.6. The van der Waals surface area contributed by atoms with E-state index >= 15 is 0 Å². The molecular formula is C22H29N3O3. The standard InChI is InChI=1S/C22H29N3O3/c1-16(2)21(23)22(27)24-14-20(26)25-19-10-6-9-18(13-19)15-28-12-11-17-7-4-3-5-8-17/h3-10,13,16,21H,11-12,14-15,23H2,1-2H3,(H,24,27)(H,25,26)/t21-/m0/s1. The molecule has 0 heterocycles. The minimum atomic E-state index is -0.621. The lowest BCUT2D eigenvalue weighted by Crippen LogP contribution is -2.46. The zero-order valence-corrected chi connectivity index (χ0v) is 16.5. The molecule has 0 unspecified atom stereocenters. The number of carbonyl (C=O) groups is 2. The Balaban J connectivity index is 1.74. The molecule has 0 aromatic heterocycles. The molecule has 0 aliphatic heterocycles. The van der Waals surface area contributed by atoms with Crippen LogP contribution in [0.5, 0.6) is 0 Å². The molecule has 0 aliphatic carbocycles. The number of carbonyl (C=O) groups excluding carboxylic acids is 2. The summed E-state index contributed by atoms with van der Waals surface area (Å²) in [6.45, 7) is 4.70. The van der Waals surface area contributed by atoms with E-state index in [0.29, 0.717) is 18.9 Å². The molecule has 150 valence electrons. The number of nitrogens with two attached hydrogens (primary N) is 1. The Labute approximate surface area is 166 Å². The minimum Gasteiger partial charge on any atom is -0.376 e. The summed E-state index contributed by atoms with van der Waals surface area (Å²) in [7, 11) is 0. The maximum absolute atomic E-state index is 12.0. The van der Waals surface area contributed by atoms with Crippen molar-refractivity contribution in [3.05, 3.63) is 65.7 Å². The number of nitrogens with one attached hydrogen (secondary N) is 2. The SMILES string of the molecule is CC(C)[C@H](N)C(=O)NCC(=O)Nc1cccc(COCCc2ccccc2)c1. The molecule has 2 rings (SSSR count). The Hall–Kier alpha value is -2.70. The van der Waals surface area contributed by atoms with Crippen molar-refractivity contribution in [3.63, 3.8) is 0 Å². The summed E-state index contributed by atoms with van der Waals surface area (Å²) in [6.07, 6.45) is 0.857.